The number of aromatic nitrogens is 5. The first-order valence-electron chi connectivity index (χ1n) is 10.00. The third-order valence-corrected chi connectivity index (χ3v) is 5.56. The van der Waals surface area contributed by atoms with Crippen molar-refractivity contribution in [3.63, 3.8) is 0 Å². The number of ether oxygens (including phenoxy) is 1. The Morgan fingerprint density at radius 1 is 1.26 bits per heavy atom. The minimum atomic E-state index is -0.911. The van der Waals surface area contributed by atoms with E-state index in [0.717, 1.165) is 12.1 Å². The summed E-state index contributed by atoms with van der Waals surface area (Å²) in [6.45, 7) is 1.88. The summed E-state index contributed by atoms with van der Waals surface area (Å²) in [5.74, 6) is -2.42. The second-order valence-electron chi connectivity index (χ2n) is 7.60. The average molecular weight is 489 g/mol. The third kappa shape index (κ3) is 4.34. The molecule has 0 spiro atoms. The van der Waals surface area contributed by atoms with Gasteiger partial charge in [0.25, 0.3) is 0 Å². The molecule has 3 heterocycles. The van der Waals surface area contributed by atoms with Gasteiger partial charge in [-0.15, -0.1) is 0 Å². The van der Waals surface area contributed by atoms with Gasteiger partial charge < -0.3 is 14.6 Å². The monoisotopic (exact) mass is 488 g/mol. The van der Waals surface area contributed by atoms with E-state index in [1.54, 1.807) is 36.1 Å². The lowest BCUT2D eigenvalue weighted by Gasteiger charge is -2.29. The topological polar surface area (TPSA) is 108 Å². The van der Waals surface area contributed by atoms with Crippen LogP contribution in [0.2, 0.25) is 5.15 Å². The van der Waals surface area contributed by atoms with Crippen LogP contribution >= 0.6 is 11.6 Å². The molecule has 9 nitrogen and oxygen atoms in total. The fourth-order valence-electron chi connectivity index (χ4n) is 3.51. The molecule has 4 rings (SSSR count). The molecule has 4 aromatic rings. The maximum Gasteiger partial charge on any atom is 0.316 e. The first-order valence-corrected chi connectivity index (χ1v) is 10.4. The van der Waals surface area contributed by atoms with Crippen LogP contribution in [-0.2, 0) is 12.5 Å². The largest absolute Gasteiger partial charge is 0.481 e. The van der Waals surface area contributed by atoms with Crippen LogP contribution in [0.5, 0.6) is 5.88 Å². The van der Waals surface area contributed by atoms with E-state index in [9.17, 15) is 13.6 Å². The van der Waals surface area contributed by atoms with E-state index in [-0.39, 0.29) is 23.1 Å². The molecule has 1 N–H and O–H groups in total. The summed E-state index contributed by atoms with van der Waals surface area (Å²) in [4.78, 5) is 21.2. The van der Waals surface area contributed by atoms with Crippen molar-refractivity contribution < 1.29 is 22.8 Å². The van der Waals surface area contributed by atoms with Gasteiger partial charge in [-0.05, 0) is 31.2 Å². The fraction of sp³-hybridized carbons (Fsp3) is 0.227. The van der Waals surface area contributed by atoms with Gasteiger partial charge in [-0.3, -0.25) is 4.79 Å². The summed E-state index contributed by atoms with van der Waals surface area (Å²) in [5.41, 5.74) is 0.210. The molecular formula is C22H19ClF2N6O3. The molecule has 3 aromatic heterocycles. The second kappa shape index (κ2) is 9.18. The molecule has 0 bridgehead atoms. The van der Waals surface area contributed by atoms with Crippen LogP contribution in [0.3, 0.4) is 0 Å². The van der Waals surface area contributed by atoms with E-state index < -0.39 is 28.8 Å². The van der Waals surface area contributed by atoms with Gasteiger partial charge in [0, 0.05) is 25.2 Å². The summed E-state index contributed by atoms with van der Waals surface area (Å²) in [5, 5.41) is 10.9. The molecule has 0 aliphatic carbocycles. The number of carbonyl (C=O) groups is 1. The zero-order valence-electron chi connectivity index (χ0n) is 18.3. The predicted octanol–water partition coefficient (Wildman–Crippen LogP) is 3.54. The molecule has 0 saturated carbocycles. The molecule has 0 radical (unpaired) electrons. The molecule has 34 heavy (non-hydrogen) atoms. The maximum atomic E-state index is 14.0. The van der Waals surface area contributed by atoms with Crippen molar-refractivity contribution in [2.75, 3.05) is 13.7 Å². The number of methoxy groups -OCH3 is 1. The van der Waals surface area contributed by atoms with Crippen molar-refractivity contribution in [2.24, 2.45) is 7.05 Å². The lowest BCUT2D eigenvalue weighted by Crippen LogP contribution is -2.40. The summed E-state index contributed by atoms with van der Waals surface area (Å²) in [6.07, 6.45) is 1.62. The standard InChI is InChI=1S/C22H19ClF2N6O3/c1-22(16-5-4-6-17(23)28-16,14-10-27-31(2)21(14)33-3)11-26-19(32)20-29-18(30-34-20)13-8-7-12(24)9-15(13)25/h4-10H,11H2,1-3H3,(H,26,32). The Hall–Kier alpha value is -3.86. The molecule has 0 aliphatic heterocycles. The third-order valence-electron chi connectivity index (χ3n) is 5.35. The van der Waals surface area contributed by atoms with E-state index >= 15 is 0 Å². The Balaban J connectivity index is 1.62. The highest BCUT2D eigenvalue weighted by molar-refractivity contribution is 6.29. The number of hydrogen-bond donors (Lipinski definition) is 1. The minimum Gasteiger partial charge on any atom is -0.481 e. The lowest BCUT2D eigenvalue weighted by atomic mass is 9.80. The van der Waals surface area contributed by atoms with Crippen LogP contribution in [0.15, 0.2) is 47.1 Å². The molecular weight excluding hydrogens is 470 g/mol. The van der Waals surface area contributed by atoms with E-state index in [4.69, 9.17) is 20.9 Å². The number of amides is 1. The highest BCUT2D eigenvalue weighted by atomic mass is 35.5. The molecule has 176 valence electrons. The summed E-state index contributed by atoms with van der Waals surface area (Å²) in [7, 11) is 3.24. The smallest absolute Gasteiger partial charge is 0.316 e. The summed E-state index contributed by atoms with van der Waals surface area (Å²) < 4.78 is 39.3. The number of pyridine rings is 1. The summed E-state index contributed by atoms with van der Waals surface area (Å²) >= 11 is 6.12. The first-order chi connectivity index (χ1) is 16.2. The minimum absolute atomic E-state index is 0.0316. The van der Waals surface area contributed by atoms with Gasteiger partial charge in [0.05, 0.1) is 30.0 Å². The Morgan fingerprint density at radius 2 is 2.06 bits per heavy atom. The fourth-order valence-corrected chi connectivity index (χ4v) is 3.68. The number of carbonyl (C=O) groups excluding carboxylic acids is 1. The number of hydrogen-bond acceptors (Lipinski definition) is 7. The van der Waals surface area contributed by atoms with Gasteiger partial charge in [0.15, 0.2) is 0 Å². The van der Waals surface area contributed by atoms with Crippen molar-refractivity contribution in [3.8, 4) is 17.3 Å². The number of rotatable bonds is 7. The van der Waals surface area contributed by atoms with Crippen molar-refractivity contribution in [1.82, 2.24) is 30.2 Å². The second-order valence-corrected chi connectivity index (χ2v) is 7.99. The molecule has 1 amide bonds. The Labute approximate surface area is 197 Å². The molecule has 0 aliphatic rings. The maximum absolute atomic E-state index is 14.0. The molecule has 0 fully saturated rings. The van der Waals surface area contributed by atoms with E-state index in [0.29, 0.717) is 23.2 Å². The van der Waals surface area contributed by atoms with E-state index in [2.05, 4.69) is 25.5 Å². The van der Waals surface area contributed by atoms with Gasteiger partial charge >= 0.3 is 11.8 Å². The van der Waals surface area contributed by atoms with Crippen LogP contribution < -0.4 is 10.1 Å². The molecule has 12 heteroatoms. The Kier molecular flexibility index (Phi) is 6.29. The normalized spacial score (nSPS) is 12.9. The zero-order valence-corrected chi connectivity index (χ0v) is 19.1. The quantitative estimate of drug-likeness (QED) is 0.396. The van der Waals surface area contributed by atoms with Crippen LogP contribution in [0.1, 0.15) is 28.9 Å². The van der Waals surface area contributed by atoms with Crippen molar-refractivity contribution in [1.29, 1.82) is 0 Å². The van der Waals surface area contributed by atoms with E-state index in [1.165, 1.54) is 7.11 Å². The van der Waals surface area contributed by atoms with Crippen LogP contribution in [0.4, 0.5) is 8.78 Å². The number of halogens is 3. The first kappa shape index (κ1) is 23.3. The number of aryl methyl sites for hydroxylation is 1. The molecule has 0 saturated heterocycles. The molecule has 1 aromatic carbocycles. The lowest BCUT2D eigenvalue weighted by molar-refractivity contribution is 0.0903. The van der Waals surface area contributed by atoms with Gasteiger partial charge in [0.2, 0.25) is 11.7 Å². The predicted molar refractivity (Wildman–Crippen MR) is 117 cm³/mol. The molecule has 1 atom stereocenters. The zero-order chi connectivity index (χ0) is 24.5. The SMILES string of the molecule is COc1c(C(C)(CNC(=O)c2nc(-c3ccc(F)cc3F)no2)c2cccc(Cl)n2)cnn1C. The van der Waals surface area contributed by atoms with Crippen LogP contribution in [-0.4, -0.2) is 44.5 Å². The van der Waals surface area contributed by atoms with Crippen molar-refractivity contribution in [3.05, 3.63) is 76.5 Å². The van der Waals surface area contributed by atoms with Gasteiger partial charge in [-0.2, -0.15) is 10.1 Å². The van der Waals surface area contributed by atoms with Crippen LogP contribution in [0, 0.1) is 11.6 Å². The Bertz CT molecular complexity index is 1360. The number of benzene rings is 1. The van der Waals surface area contributed by atoms with E-state index in [1.807, 2.05) is 6.92 Å². The number of nitrogens with zero attached hydrogens (tertiary/aromatic N) is 5. The Morgan fingerprint density at radius 3 is 2.76 bits per heavy atom. The average Bonchev–Trinajstić information content (AvgIpc) is 3.44. The summed E-state index contributed by atoms with van der Waals surface area (Å²) in [6, 6.07) is 8.06. The molecule has 1 unspecified atom stereocenters. The highest BCUT2D eigenvalue weighted by Crippen LogP contribution is 2.36. The highest BCUT2D eigenvalue weighted by Gasteiger charge is 2.37. The van der Waals surface area contributed by atoms with Crippen molar-refractivity contribution >= 4 is 17.5 Å². The van der Waals surface area contributed by atoms with Crippen LogP contribution in [0.25, 0.3) is 11.4 Å². The van der Waals surface area contributed by atoms with Gasteiger partial charge in [-0.25, -0.2) is 18.4 Å². The van der Waals surface area contributed by atoms with Gasteiger partial charge in [0.1, 0.15) is 16.8 Å². The van der Waals surface area contributed by atoms with Gasteiger partial charge in [-0.1, -0.05) is 22.8 Å². The van der Waals surface area contributed by atoms with Crippen molar-refractivity contribution in [2.45, 2.75) is 12.3 Å². The number of nitrogens with one attached hydrogen (secondary N) is 1.